The molecule has 0 aliphatic rings. The molecule has 0 saturated carbocycles. The molecule has 0 aliphatic carbocycles. The predicted molar refractivity (Wildman–Crippen MR) is 85.6 cm³/mol. The van der Waals surface area contributed by atoms with Gasteiger partial charge in [-0.1, -0.05) is 24.3 Å². The fourth-order valence-corrected chi connectivity index (χ4v) is 2.60. The smallest absolute Gasteiger partial charge is 0.368 e. The van der Waals surface area contributed by atoms with Gasteiger partial charge in [-0.2, -0.15) is 9.83 Å². The minimum Gasteiger partial charge on any atom is -1.00 e. The molecule has 4 heteroatoms. The third-order valence-corrected chi connectivity index (χ3v) is 3.59. The van der Waals surface area contributed by atoms with Crippen LogP contribution in [0.25, 0.3) is 10.9 Å². The number of hydrogen-bond donors (Lipinski definition) is 0. The lowest BCUT2D eigenvalue weighted by Gasteiger charge is -2.07. The second-order valence-electron chi connectivity index (χ2n) is 5.06. The second-order valence-corrected chi connectivity index (χ2v) is 5.06. The Morgan fingerprint density at radius 3 is 2.65 bits per heavy atom. The summed E-state index contributed by atoms with van der Waals surface area (Å²) in [6.07, 6.45) is 0. The number of ether oxygens (including phenoxy) is 1. The zero-order valence-corrected chi connectivity index (χ0v) is 14.5. The Labute approximate surface area is 146 Å². The Kier molecular flexibility index (Phi) is 5.72. The van der Waals surface area contributed by atoms with Crippen LogP contribution in [0.1, 0.15) is 18.1 Å². The molecule has 1 heterocycles. The highest BCUT2D eigenvalue weighted by molar-refractivity contribution is 5.75. The molecule has 0 saturated heterocycles. The van der Waals surface area contributed by atoms with Crippen LogP contribution in [0.2, 0.25) is 0 Å². The van der Waals surface area contributed by atoms with Gasteiger partial charge in [-0.05, 0) is 31.2 Å². The average Bonchev–Trinajstić information content (AvgIpc) is 2.57. The van der Waals surface area contributed by atoms with Gasteiger partial charge < -0.3 is 21.7 Å². The molecular weight excluding hydrogens is 352 g/mol. The number of benzene rings is 2. The summed E-state index contributed by atoms with van der Waals surface area (Å²) >= 11 is 0. The van der Waals surface area contributed by atoms with E-state index >= 15 is 0 Å². The number of hydrogen-bond acceptors (Lipinski definition) is 2. The Morgan fingerprint density at radius 1 is 1.04 bits per heavy atom. The van der Waals surface area contributed by atoms with Crippen LogP contribution in [0.4, 0.5) is 0 Å². The minimum atomic E-state index is 0. The second kappa shape index (κ2) is 7.75. The van der Waals surface area contributed by atoms with Crippen molar-refractivity contribution < 1.29 is 26.3 Å². The van der Waals surface area contributed by atoms with E-state index in [0.29, 0.717) is 18.7 Å². The number of aromatic nitrogens is 1. The summed E-state index contributed by atoms with van der Waals surface area (Å²) in [5, 5.41) is 10.2. The van der Waals surface area contributed by atoms with Crippen LogP contribution >= 0.6 is 0 Å². The molecule has 3 nitrogen and oxygen atoms in total. The third kappa shape index (κ3) is 3.69. The van der Waals surface area contributed by atoms with Gasteiger partial charge in [0.15, 0.2) is 6.54 Å². The van der Waals surface area contributed by atoms with E-state index in [2.05, 4.69) is 28.8 Å². The largest absolute Gasteiger partial charge is 1.00 e. The third-order valence-electron chi connectivity index (χ3n) is 3.59. The lowest BCUT2D eigenvalue weighted by Crippen LogP contribution is -3.00. The van der Waals surface area contributed by atoms with Crippen molar-refractivity contribution in [1.82, 2.24) is 0 Å². The lowest BCUT2D eigenvalue weighted by molar-refractivity contribution is -0.668. The van der Waals surface area contributed by atoms with E-state index in [1.807, 2.05) is 49.4 Å². The van der Waals surface area contributed by atoms with Gasteiger partial charge in [0.2, 0.25) is 5.52 Å². The molecule has 0 amide bonds. The molecule has 23 heavy (non-hydrogen) atoms. The molecule has 0 bridgehead atoms. The van der Waals surface area contributed by atoms with E-state index in [1.165, 1.54) is 5.39 Å². The maximum Gasteiger partial charge on any atom is 0.368 e. The van der Waals surface area contributed by atoms with E-state index < -0.39 is 0 Å². The Bertz CT molecular complexity index is 855. The first kappa shape index (κ1) is 17.0. The van der Waals surface area contributed by atoms with Crippen LogP contribution in [-0.2, 0) is 6.54 Å². The first-order chi connectivity index (χ1) is 10.8. The molecule has 0 N–H and O–H groups in total. The number of nitrogens with zero attached hydrogens (tertiary/aromatic N) is 2. The van der Waals surface area contributed by atoms with Gasteiger partial charge in [-0.3, -0.25) is 0 Å². The first-order valence-electron chi connectivity index (χ1n) is 7.35. The fourth-order valence-electron chi connectivity index (χ4n) is 2.60. The average molecular weight is 369 g/mol. The normalized spacial score (nSPS) is 9.91. The molecule has 0 radical (unpaired) electrons. The number of fused-ring (bicyclic) bond motifs is 1. The summed E-state index contributed by atoms with van der Waals surface area (Å²) in [4.78, 5) is 0. The summed E-state index contributed by atoms with van der Waals surface area (Å²) in [5.41, 5.74) is 2.88. The fraction of sp³-hybridized carbons (Fsp3) is 0.158. The summed E-state index contributed by atoms with van der Waals surface area (Å²) in [5.74, 6) is 0.837. The van der Waals surface area contributed by atoms with Crippen molar-refractivity contribution in [2.75, 3.05) is 6.61 Å². The molecule has 2 aromatic carbocycles. The Balaban J connectivity index is 0.00000192. The van der Waals surface area contributed by atoms with E-state index in [1.54, 1.807) is 0 Å². The Morgan fingerprint density at radius 2 is 1.87 bits per heavy atom. The zero-order chi connectivity index (χ0) is 15.4. The quantitative estimate of drug-likeness (QED) is 0.627. The van der Waals surface area contributed by atoms with E-state index in [-0.39, 0.29) is 17.0 Å². The van der Waals surface area contributed by atoms with Crippen LogP contribution in [0, 0.1) is 11.3 Å². The number of nitriles is 1. The highest BCUT2D eigenvalue weighted by Crippen LogP contribution is 2.16. The number of rotatable bonds is 4. The molecule has 0 atom stereocenters. The van der Waals surface area contributed by atoms with Crippen molar-refractivity contribution >= 4 is 10.9 Å². The molecule has 0 aliphatic heterocycles. The van der Waals surface area contributed by atoms with Crippen LogP contribution in [0.3, 0.4) is 0 Å². The van der Waals surface area contributed by atoms with Crippen molar-refractivity contribution in [3.05, 3.63) is 71.8 Å². The molecule has 3 aromatic rings. The molecular formula is C19H17BrN2O. The van der Waals surface area contributed by atoms with Crippen molar-refractivity contribution in [2.45, 2.75) is 13.5 Å². The van der Waals surface area contributed by atoms with Gasteiger partial charge in [-0.15, -0.1) is 0 Å². The summed E-state index contributed by atoms with van der Waals surface area (Å²) in [6, 6.07) is 22.2. The van der Waals surface area contributed by atoms with Crippen LogP contribution in [0.5, 0.6) is 5.88 Å². The van der Waals surface area contributed by atoms with Gasteiger partial charge in [0.05, 0.1) is 24.3 Å². The first-order valence-corrected chi connectivity index (χ1v) is 7.35. The molecule has 0 unspecified atom stereocenters. The molecule has 116 valence electrons. The number of para-hydroxylation sites is 1. The van der Waals surface area contributed by atoms with Gasteiger partial charge in [0, 0.05) is 17.0 Å². The van der Waals surface area contributed by atoms with Crippen molar-refractivity contribution in [3.8, 4) is 11.9 Å². The summed E-state index contributed by atoms with van der Waals surface area (Å²) in [6.45, 7) is 3.28. The van der Waals surface area contributed by atoms with E-state index in [9.17, 15) is 0 Å². The maximum atomic E-state index is 9.06. The van der Waals surface area contributed by atoms with E-state index in [4.69, 9.17) is 10.00 Å². The van der Waals surface area contributed by atoms with Gasteiger partial charge >= 0.3 is 5.88 Å². The highest BCUT2D eigenvalue weighted by Gasteiger charge is 2.17. The highest BCUT2D eigenvalue weighted by atomic mass is 79.9. The van der Waals surface area contributed by atoms with Gasteiger partial charge in [0.25, 0.3) is 0 Å². The molecule has 3 rings (SSSR count). The standard InChI is InChI=1S/C19H17N2O.BrH/c1-2-22-19-11-10-17-8-3-4-9-18(17)21(19)14-16-7-5-6-15(12-16)13-20;/h3-12H,2,14H2,1H3;1H/q+1;/p-1. The van der Waals surface area contributed by atoms with Crippen molar-refractivity contribution in [1.29, 1.82) is 5.26 Å². The van der Waals surface area contributed by atoms with Crippen molar-refractivity contribution in [2.24, 2.45) is 0 Å². The SMILES string of the molecule is CCOc1ccc2ccccc2[n+]1Cc1cccc(C#N)c1.[Br-]. The predicted octanol–water partition coefficient (Wildman–Crippen LogP) is 0.450. The van der Waals surface area contributed by atoms with Crippen molar-refractivity contribution in [3.63, 3.8) is 0 Å². The number of halogens is 1. The lowest BCUT2D eigenvalue weighted by atomic mass is 10.1. The minimum absolute atomic E-state index is 0. The number of pyridine rings is 1. The van der Waals surface area contributed by atoms with Crippen LogP contribution < -0.4 is 26.3 Å². The van der Waals surface area contributed by atoms with Crippen LogP contribution in [0.15, 0.2) is 60.7 Å². The summed E-state index contributed by atoms with van der Waals surface area (Å²) < 4.78 is 7.92. The molecule has 1 aromatic heterocycles. The van der Waals surface area contributed by atoms with Gasteiger partial charge in [0.1, 0.15) is 0 Å². The monoisotopic (exact) mass is 368 g/mol. The zero-order valence-electron chi connectivity index (χ0n) is 12.9. The Hall–Kier alpha value is -2.38. The van der Waals surface area contributed by atoms with Crippen LogP contribution in [-0.4, -0.2) is 6.61 Å². The maximum absolute atomic E-state index is 9.06. The van der Waals surface area contributed by atoms with E-state index in [0.717, 1.165) is 17.0 Å². The topological polar surface area (TPSA) is 36.9 Å². The summed E-state index contributed by atoms with van der Waals surface area (Å²) in [7, 11) is 0. The molecule has 0 fully saturated rings. The van der Waals surface area contributed by atoms with Gasteiger partial charge in [-0.25, -0.2) is 0 Å². The molecule has 0 spiro atoms.